The minimum Gasteiger partial charge on any atom is -0.374 e. The molecular weight excluding hydrogens is 426 g/mol. The Balaban J connectivity index is 1.40. The highest BCUT2D eigenvalue weighted by Crippen LogP contribution is 2.27. The predicted octanol–water partition coefficient (Wildman–Crippen LogP) is 2.80. The van der Waals surface area contributed by atoms with Crippen LogP contribution < -0.4 is 10.2 Å². The number of benzene rings is 2. The lowest BCUT2D eigenvalue weighted by molar-refractivity contribution is -0.0440. The van der Waals surface area contributed by atoms with E-state index >= 15 is 0 Å². The van der Waals surface area contributed by atoms with Crippen LogP contribution in [0, 0.1) is 0 Å². The van der Waals surface area contributed by atoms with Gasteiger partial charge in [-0.2, -0.15) is 4.31 Å². The van der Waals surface area contributed by atoms with Gasteiger partial charge in [0.1, 0.15) is 0 Å². The summed E-state index contributed by atoms with van der Waals surface area (Å²) in [6.07, 6.45) is 1.89. The number of rotatable bonds is 5. The van der Waals surface area contributed by atoms with E-state index in [0.717, 1.165) is 24.9 Å². The number of hydrogen-bond donors (Lipinski definition) is 1. The zero-order valence-electron chi connectivity index (χ0n) is 18.9. The Labute approximate surface area is 190 Å². The Morgan fingerprint density at radius 2 is 1.78 bits per heavy atom. The van der Waals surface area contributed by atoms with Gasteiger partial charge in [-0.25, -0.2) is 8.42 Å². The number of ether oxygens (including phenoxy) is 1. The van der Waals surface area contributed by atoms with Crippen molar-refractivity contribution in [3.63, 3.8) is 0 Å². The van der Waals surface area contributed by atoms with Crippen LogP contribution in [0.5, 0.6) is 0 Å². The smallest absolute Gasteiger partial charge is 0.251 e. The standard InChI is InChI=1S/C24H31N3O4S/c1-17-15-27(16-18(2)31-17)32(29,30)22-9-7-20(8-10-22)24(28)25-14-19-6-11-23-21(13-19)5-4-12-26(23)3/h6-11,13,17-18H,4-5,12,14-16H2,1-3H3,(H,25,28). The van der Waals surface area contributed by atoms with Gasteiger partial charge in [0.25, 0.3) is 5.91 Å². The molecule has 2 aliphatic heterocycles. The molecule has 2 unspecified atom stereocenters. The summed E-state index contributed by atoms with van der Waals surface area (Å²) in [5.41, 5.74) is 4.06. The molecule has 172 valence electrons. The molecule has 2 heterocycles. The van der Waals surface area contributed by atoms with Crippen molar-refractivity contribution in [2.45, 2.75) is 50.3 Å². The van der Waals surface area contributed by atoms with Crippen molar-refractivity contribution >= 4 is 21.6 Å². The van der Waals surface area contributed by atoms with Gasteiger partial charge >= 0.3 is 0 Å². The van der Waals surface area contributed by atoms with Crippen LogP contribution in [0.2, 0.25) is 0 Å². The molecule has 0 radical (unpaired) electrons. The largest absolute Gasteiger partial charge is 0.374 e. The van der Waals surface area contributed by atoms with E-state index in [1.807, 2.05) is 19.9 Å². The zero-order valence-corrected chi connectivity index (χ0v) is 19.7. The third kappa shape index (κ3) is 4.82. The molecule has 1 fully saturated rings. The minimum absolute atomic E-state index is 0.150. The molecular formula is C24H31N3O4S. The third-order valence-electron chi connectivity index (χ3n) is 6.09. The van der Waals surface area contributed by atoms with Crippen molar-refractivity contribution < 1.29 is 17.9 Å². The molecule has 2 aromatic carbocycles. The van der Waals surface area contributed by atoms with Gasteiger partial charge in [0, 0.05) is 44.5 Å². The van der Waals surface area contributed by atoms with Gasteiger partial charge in [0.05, 0.1) is 17.1 Å². The third-order valence-corrected chi connectivity index (χ3v) is 7.93. The first-order valence-corrected chi connectivity index (χ1v) is 12.5. The molecule has 0 spiro atoms. The number of sulfonamides is 1. The number of carbonyl (C=O) groups excluding carboxylic acids is 1. The number of morpholine rings is 1. The van der Waals surface area contributed by atoms with E-state index in [1.165, 1.54) is 27.7 Å². The van der Waals surface area contributed by atoms with Gasteiger partial charge < -0.3 is 15.0 Å². The average Bonchev–Trinajstić information content (AvgIpc) is 2.77. The van der Waals surface area contributed by atoms with Crippen LogP contribution in [0.15, 0.2) is 47.4 Å². The van der Waals surface area contributed by atoms with Gasteiger partial charge in [-0.05, 0) is 68.1 Å². The normalized spacial score (nSPS) is 21.8. The SMILES string of the molecule is CC1CN(S(=O)(=O)c2ccc(C(=O)NCc3ccc4c(c3)CCCN4C)cc2)CC(C)O1. The molecule has 32 heavy (non-hydrogen) atoms. The molecule has 7 nitrogen and oxygen atoms in total. The van der Waals surface area contributed by atoms with Crippen molar-refractivity contribution in [1.82, 2.24) is 9.62 Å². The van der Waals surface area contributed by atoms with Gasteiger partial charge in [0.2, 0.25) is 10.0 Å². The van der Waals surface area contributed by atoms with Gasteiger partial charge in [-0.15, -0.1) is 0 Å². The fraction of sp³-hybridized carbons (Fsp3) is 0.458. The average molecular weight is 458 g/mol. The van der Waals surface area contributed by atoms with Gasteiger partial charge in [-0.3, -0.25) is 4.79 Å². The summed E-state index contributed by atoms with van der Waals surface area (Å²) in [6, 6.07) is 12.5. The van der Waals surface area contributed by atoms with Crippen LogP contribution in [0.4, 0.5) is 5.69 Å². The number of amides is 1. The number of nitrogens with one attached hydrogen (secondary N) is 1. The summed E-state index contributed by atoms with van der Waals surface area (Å²) in [4.78, 5) is 15.1. The summed E-state index contributed by atoms with van der Waals surface area (Å²) in [6.45, 7) is 5.88. The van der Waals surface area contributed by atoms with E-state index in [0.29, 0.717) is 25.2 Å². The highest BCUT2D eigenvalue weighted by Gasteiger charge is 2.32. The lowest BCUT2D eigenvalue weighted by Gasteiger charge is -2.34. The van der Waals surface area contributed by atoms with Crippen molar-refractivity contribution in [2.75, 3.05) is 31.6 Å². The Kier molecular flexibility index (Phi) is 6.55. The summed E-state index contributed by atoms with van der Waals surface area (Å²) < 4.78 is 33.0. The second-order valence-electron chi connectivity index (χ2n) is 8.77. The first-order valence-electron chi connectivity index (χ1n) is 11.1. The van der Waals surface area contributed by atoms with E-state index in [1.54, 1.807) is 12.1 Å². The van der Waals surface area contributed by atoms with E-state index in [-0.39, 0.29) is 23.0 Å². The van der Waals surface area contributed by atoms with Crippen molar-refractivity contribution in [1.29, 1.82) is 0 Å². The first kappa shape index (κ1) is 22.8. The predicted molar refractivity (Wildman–Crippen MR) is 124 cm³/mol. The molecule has 1 saturated heterocycles. The van der Waals surface area contributed by atoms with Gasteiger partial charge in [0.15, 0.2) is 0 Å². The molecule has 2 aliphatic rings. The van der Waals surface area contributed by atoms with Crippen molar-refractivity contribution in [3.05, 3.63) is 59.2 Å². The second-order valence-corrected chi connectivity index (χ2v) is 10.7. The molecule has 0 saturated carbocycles. The van der Waals surface area contributed by atoms with Crippen LogP contribution in [0.25, 0.3) is 0 Å². The Morgan fingerprint density at radius 1 is 1.09 bits per heavy atom. The molecule has 0 bridgehead atoms. The van der Waals surface area contributed by atoms with E-state index in [2.05, 4.69) is 29.4 Å². The van der Waals surface area contributed by atoms with E-state index in [9.17, 15) is 13.2 Å². The van der Waals surface area contributed by atoms with Crippen LogP contribution >= 0.6 is 0 Å². The molecule has 2 aromatic rings. The topological polar surface area (TPSA) is 79.0 Å². The van der Waals surface area contributed by atoms with Crippen LogP contribution in [-0.2, 0) is 27.7 Å². The maximum atomic E-state index is 13.0. The van der Waals surface area contributed by atoms with Crippen LogP contribution in [0.3, 0.4) is 0 Å². The molecule has 8 heteroatoms. The zero-order chi connectivity index (χ0) is 22.9. The van der Waals surface area contributed by atoms with Crippen LogP contribution in [-0.4, -0.2) is 57.5 Å². The minimum atomic E-state index is -3.62. The summed E-state index contributed by atoms with van der Waals surface area (Å²) >= 11 is 0. The maximum absolute atomic E-state index is 13.0. The number of aryl methyl sites for hydroxylation is 1. The number of carbonyl (C=O) groups is 1. The van der Waals surface area contributed by atoms with Crippen LogP contribution in [0.1, 0.15) is 41.8 Å². The van der Waals surface area contributed by atoms with Crippen molar-refractivity contribution in [2.24, 2.45) is 0 Å². The molecule has 4 rings (SSSR count). The summed E-state index contributed by atoms with van der Waals surface area (Å²) in [7, 11) is -1.52. The molecule has 0 aliphatic carbocycles. The maximum Gasteiger partial charge on any atom is 0.251 e. The highest BCUT2D eigenvalue weighted by molar-refractivity contribution is 7.89. The van der Waals surface area contributed by atoms with Crippen molar-refractivity contribution in [3.8, 4) is 0 Å². The quantitative estimate of drug-likeness (QED) is 0.747. The number of nitrogens with zero attached hydrogens (tertiary/aromatic N) is 2. The monoisotopic (exact) mass is 457 g/mol. The lowest BCUT2D eigenvalue weighted by Crippen LogP contribution is -2.48. The fourth-order valence-corrected chi connectivity index (χ4v) is 6.08. The Morgan fingerprint density at radius 3 is 2.47 bits per heavy atom. The Hall–Kier alpha value is -2.42. The molecule has 1 amide bonds. The first-order chi connectivity index (χ1) is 15.2. The van der Waals surface area contributed by atoms with E-state index < -0.39 is 10.0 Å². The van der Waals surface area contributed by atoms with E-state index in [4.69, 9.17) is 4.74 Å². The molecule has 0 aromatic heterocycles. The summed E-state index contributed by atoms with van der Waals surface area (Å²) in [5.74, 6) is -0.225. The molecule has 1 N–H and O–H groups in total. The molecule has 2 atom stereocenters. The number of fused-ring (bicyclic) bond motifs is 1. The summed E-state index contributed by atoms with van der Waals surface area (Å²) in [5, 5.41) is 2.94. The number of anilines is 1. The van der Waals surface area contributed by atoms with Gasteiger partial charge in [-0.1, -0.05) is 12.1 Å². The number of hydrogen-bond acceptors (Lipinski definition) is 5. The second kappa shape index (κ2) is 9.21. The fourth-order valence-electron chi connectivity index (χ4n) is 4.49. The Bertz CT molecular complexity index is 1070. The highest BCUT2D eigenvalue weighted by atomic mass is 32.2. The lowest BCUT2D eigenvalue weighted by atomic mass is 9.99.